The van der Waals surface area contributed by atoms with Gasteiger partial charge in [-0.05, 0) is 63.1 Å². The van der Waals surface area contributed by atoms with Gasteiger partial charge in [-0.25, -0.2) is 0 Å². The van der Waals surface area contributed by atoms with Crippen molar-refractivity contribution < 1.29 is 4.74 Å². The van der Waals surface area contributed by atoms with Gasteiger partial charge < -0.3 is 15.0 Å². The molecule has 0 saturated carbocycles. The Morgan fingerprint density at radius 3 is 2.37 bits per heavy atom. The summed E-state index contributed by atoms with van der Waals surface area (Å²) >= 11 is 0. The molecule has 0 radical (unpaired) electrons. The van der Waals surface area contributed by atoms with E-state index in [0.717, 1.165) is 31.6 Å². The lowest BCUT2D eigenvalue weighted by Crippen LogP contribution is -2.49. The highest BCUT2D eigenvalue weighted by atomic mass is 16.5. The third-order valence-electron chi connectivity index (χ3n) is 5.24. The van der Waals surface area contributed by atoms with Crippen molar-refractivity contribution in [1.82, 2.24) is 10.2 Å². The van der Waals surface area contributed by atoms with Crippen LogP contribution in [0.25, 0.3) is 0 Å². The molecule has 0 aromatic rings. The summed E-state index contributed by atoms with van der Waals surface area (Å²) in [5, 5.41) is 3.41. The third kappa shape index (κ3) is 4.17. The maximum absolute atomic E-state index is 5.56. The van der Waals surface area contributed by atoms with Crippen LogP contribution in [0.2, 0.25) is 0 Å². The molecule has 0 unspecified atom stereocenters. The lowest BCUT2D eigenvalue weighted by atomic mass is 9.78. The summed E-state index contributed by atoms with van der Waals surface area (Å²) in [6.07, 6.45) is 5.23. The van der Waals surface area contributed by atoms with Crippen LogP contribution in [0.1, 0.15) is 39.5 Å². The normalized spacial score (nSPS) is 25.9. The summed E-state index contributed by atoms with van der Waals surface area (Å²) < 4.78 is 5.56. The first-order valence-corrected chi connectivity index (χ1v) is 8.10. The summed E-state index contributed by atoms with van der Waals surface area (Å²) in [6, 6.07) is 0. The Morgan fingerprint density at radius 2 is 1.84 bits per heavy atom. The zero-order chi connectivity index (χ0) is 13.7. The fraction of sp³-hybridized carbons (Fsp3) is 1.00. The van der Waals surface area contributed by atoms with Gasteiger partial charge in [0.05, 0.1) is 0 Å². The van der Waals surface area contributed by atoms with Gasteiger partial charge in [0.25, 0.3) is 0 Å². The number of ether oxygens (including phenoxy) is 1. The largest absolute Gasteiger partial charge is 0.381 e. The standard InChI is InChI=1S/C16H32N2O/c1-14(2)15-4-8-18(9-5-15)13-16(12-17-3)6-10-19-11-7-16/h14-15,17H,4-13H2,1-3H3. The second kappa shape index (κ2) is 7.05. The summed E-state index contributed by atoms with van der Waals surface area (Å²) in [5.41, 5.74) is 0.456. The van der Waals surface area contributed by atoms with E-state index in [1.54, 1.807) is 0 Å². The summed E-state index contributed by atoms with van der Waals surface area (Å²) in [5.74, 6) is 1.81. The van der Waals surface area contributed by atoms with Crippen molar-refractivity contribution in [3.05, 3.63) is 0 Å². The topological polar surface area (TPSA) is 24.5 Å². The number of piperidine rings is 1. The van der Waals surface area contributed by atoms with Crippen LogP contribution in [0.3, 0.4) is 0 Å². The number of hydrogen-bond acceptors (Lipinski definition) is 3. The van der Waals surface area contributed by atoms with E-state index in [1.165, 1.54) is 45.3 Å². The Morgan fingerprint density at radius 1 is 1.21 bits per heavy atom. The second-order valence-corrected chi connectivity index (χ2v) is 7.00. The molecular weight excluding hydrogens is 236 g/mol. The first-order valence-electron chi connectivity index (χ1n) is 8.10. The molecule has 112 valence electrons. The van der Waals surface area contributed by atoms with Gasteiger partial charge in [-0.1, -0.05) is 13.8 Å². The molecule has 1 N–H and O–H groups in total. The Labute approximate surface area is 119 Å². The highest BCUT2D eigenvalue weighted by Crippen LogP contribution is 2.33. The predicted octanol–water partition coefficient (Wildman–Crippen LogP) is 2.37. The molecule has 2 aliphatic rings. The highest BCUT2D eigenvalue weighted by Gasteiger charge is 2.35. The molecule has 0 aliphatic carbocycles. The van der Waals surface area contributed by atoms with E-state index in [9.17, 15) is 0 Å². The van der Waals surface area contributed by atoms with Crippen molar-refractivity contribution in [1.29, 1.82) is 0 Å². The second-order valence-electron chi connectivity index (χ2n) is 7.00. The van der Waals surface area contributed by atoms with Crippen LogP contribution in [0.5, 0.6) is 0 Å². The predicted molar refractivity (Wildman–Crippen MR) is 80.4 cm³/mol. The molecule has 2 saturated heterocycles. The number of hydrogen-bond donors (Lipinski definition) is 1. The Kier molecular flexibility index (Phi) is 5.67. The van der Waals surface area contributed by atoms with Crippen molar-refractivity contribution in [2.75, 3.05) is 46.4 Å². The van der Waals surface area contributed by atoms with E-state index in [2.05, 4.69) is 31.1 Å². The van der Waals surface area contributed by atoms with Crippen LogP contribution in [0.4, 0.5) is 0 Å². The smallest absolute Gasteiger partial charge is 0.0472 e. The number of nitrogens with zero attached hydrogens (tertiary/aromatic N) is 1. The molecule has 3 heteroatoms. The van der Waals surface area contributed by atoms with Gasteiger partial charge in [0.1, 0.15) is 0 Å². The Hall–Kier alpha value is -0.120. The molecule has 0 aromatic carbocycles. The average molecular weight is 268 g/mol. The summed E-state index contributed by atoms with van der Waals surface area (Å²) in [7, 11) is 2.09. The molecule has 0 bridgehead atoms. The summed E-state index contributed by atoms with van der Waals surface area (Å²) in [4.78, 5) is 2.71. The minimum Gasteiger partial charge on any atom is -0.381 e. The van der Waals surface area contributed by atoms with Crippen molar-refractivity contribution >= 4 is 0 Å². The summed E-state index contributed by atoms with van der Waals surface area (Å²) in [6.45, 7) is 11.7. The minimum absolute atomic E-state index is 0.456. The van der Waals surface area contributed by atoms with Crippen molar-refractivity contribution in [2.45, 2.75) is 39.5 Å². The van der Waals surface area contributed by atoms with Crippen LogP contribution in [-0.4, -0.2) is 51.3 Å². The molecule has 0 atom stereocenters. The number of nitrogens with one attached hydrogen (secondary N) is 1. The Balaban J connectivity index is 1.85. The van der Waals surface area contributed by atoms with E-state index >= 15 is 0 Å². The first kappa shape index (κ1) is 15.3. The fourth-order valence-corrected chi connectivity index (χ4v) is 3.82. The van der Waals surface area contributed by atoms with Crippen molar-refractivity contribution in [3.63, 3.8) is 0 Å². The first-order chi connectivity index (χ1) is 9.15. The Bertz CT molecular complexity index is 248. The quantitative estimate of drug-likeness (QED) is 0.828. The van der Waals surface area contributed by atoms with Crippen LogP contribution >= 0.6 is 0 Å². The molecule has 0 amide bonds. The lowest BCUT2D eigenvalue weighted by Gasteiger charge is -2.43. The highest BCUT2D eigenvalue weighted by molar-refractivity contribution is 4.88. The monoisotopic (exact) mass is 268 g/mol. The molecule has 2 rings (SSSR count). The lowest BCUT2D eigenvalue weighted by molar-refractivity contribution is -0.0100. The minimum atomic E-state index is 0.456. The molecule has 3 nitrogen and oxygen atoms in total. The van der Waals surface area contributed by atoms with Gasteiger partial charge in [0, 0.05) is 26.3 Å². The SMILES string of the molecule is CNCC1(CN2CCC(C(C)C)CC2)CCOCC1. The molecule has 2 heterocycles. The van der Waals surface area contributed by atoms with E-state index in [0.29, 0.717) is 5.41 Å². The third-order valence-corrected chi connectivity index (χ3v) is 5.24. The average Bonchev–Trinajstić information content (AvgIpc) is 2.40. The molecule has 2 fully saturated rings. The van der Waals surface area contributed by atoms with Crippen LogP contribution in [0, 0.1) is 17.3 Å². The van der Waals surface area contributed by atoms with Gasteiger partial charge in [0.15, 0.2) is 0 Å². The van der Waals surface area contributed by atoms with Gasteiger partial charge in [-0.15, -0.1) is 0 Å². The number of likely N-dealkylation sites (tertiary alicyclic amines) is 1. The van der Waals surface area contributed by atoms with Crippen LogP contribution in [0.15, 0.2) is 0 Å². The maximum Gasteiger partial charge on any atom is 0.0472 e. The maximum atomic E-state index is 5.56. The molecule has 19 heavy (non-hydrogen) atoms. The van der Waals surface area contributed by atoms with E-state index < -0.39 is 0 Å². The van der Waals surface area contributed by atoms with E-state index in [4.69, 9.17) is 4.74 Å². The molecule has 0 aromatic heterocycles. The van der Waals surface area contributed by atoms with E-state index in [-0.39, 0.29) is 0 Å². The van der Waals surface area contributed by atoms with E-state index in [1.807, 2.05) is 0 Å². The van der Waals surface area contributed by atoms with Gasteiger partial charge in [-0.3, -0.25) is 0 Å². The number of rotatable bonds is 5. The molecule has 2 aliphatic heterocycles. The fourth-order valence-electron chi connectivity index (χ4n) is 3.82. The van der Waals surface area contributed by atoms with Crippen molar-refractivity contribution in [3.8, 4) is 0 Å². The molecular formula is C16H32N2O. The van der Waals surface area contributed by atoms with Gasteiger partial charge in [0.2, 0.25) is 0 Å². The molecule has 0 spiro atoms. The van der Waals surface area contributed by atoms with Gasteiger partial charge >= 0.3 is 0 Å². The van der Waals surface area contributed by atoms with Crippen LogP contribution in [-0.2, 0) is 4.74 Å². The zero-order valence-electron chi connectivity index (χ0n) is 13.1. The van der Waals surface area contributed by atoms with Crippen LogP contribution < -0.4 is 5.32 Å². The zero-order valence-corrected chi connectivity index (χ0v) is 13.1. The van der Waals surface area contributed by atoms with Gasteiger partial charge in [-0.2, -0.15) is 0 Å². The van der Waals surface area contributed by atoms with Crippen molar-refractivity contribution in [2.24, 2.45) is 17.3 Å².